The zero-order valence-electron chi connectivity index (χ0n) is 13.8. The van der Waals surface area contributed by atoms with Crippen LogP contribution in [0.5, 0.6) is 0 Å². The van der Waals surface area contributed by atoms with Crippen LogP contribution in [-0.4, -0.2) is 53.3 Å². The second kappa shape index (κ2) is 9.02. The fourth-order valence-electron chi connectivity index (χ4n) is 3.63. The van der Waals surface area contributed by atoms with E-state index in [4.69, 9.17) is 17.2 Å². The van der Waals surface area contributed by atoms with E-state index < -0.39 is 5.41 Å². The highest BCUT2D eigenvalue weighted by Crippen LogP contribution is 2.44. The minimum Gasteiger partial charge on any atom is -0.396 e. The Morgan fingerprint density at radius 1 is 0.667 bits per heavy atom. The fourth-order valence-corrected chi connectivity index (χ4v) is 3.63. The highest BCUT2D eigenvalue weighted by atomic mass is 16.3. The summed E-state index contributed by atoms with van der Waals surface area (Å²) in [6, 6.07) is -0.135. The van der Waals surface area contributed by atoms with Gasteiger partial charge in [0.25, 0.3) is 0 Å². The Bertz CT molecular complexity index is 245. The molecule has 0 heterocycles. The van der Waals surface area contributed by atoms with Gasteiger partial charge in [-0.2, -0.15) is 0 Å². The minimum atomic E-state index is -0.932. The molecule has 0 aromatic carbocycles. The third-order valence-corrected chi connectivity index (χ3v) is 4.02. The van der Waals surface area contributed by atoms with E-state index in [-0.39, 0.29) is 43.4 Å². The van der Waals surface area contributed by atoms with Gasteiger partial charge in [0.15, 0.2) is 0 Å². The van der Waals surface area contributed by atoms with Crippen LogP contribution < -0.4 is 17.2 Å². The zero-order valence-corrected chi connectivity index (χ0v) is 13.8. The van der Waals surface area contributed by atoms with Gasteiger partial charge in [-0.05, 0) is 51.9 Å². The van der Waals surface area contributed by atoms with Gasteiger partial charge >= 0.3 is 0 Å². The van der Waals surface area contributed by atoms with Gasteiger partial charge in [0, 0.05) is 23.5 Å². The zero-order chi connectivity index (χ0) is 16.7. The van der Waals surface area contributed by atoms with Gasteiger partial charge < -0.3 is 32.5 Å². The maximum atomic E-state index is 9.63. The molecule has 0 radical (unpaired) electrons. The number of nitrogens with two attached hydrogens (primary N) is 3. The van der Waals surface area contributed by atoms with Crippen molar-refractivity contribution in [1.82, 2.24) is 0 Å². The van der Waals surface area contributed by atoms with E-state index in [0.717, 1.165) is 0 Å². The number of rotatable bonds is 11. The molecule has 6 heteroatoms. The molecule has 0 aromatic heterocycles. The van der Waals surface area contributed by atoms with Gasteiger partial charge in [0.2, 0.25) is 0 Å². The predicted molar refractivity (Wildman–Crippen MR) is 85.5 cm³/mol. The third kappa shape index (κ3) is 7.04. The van der Waals surface area contributed by atoms with Crippen molar-refractivity contribution >= 4 is 0 Å². The monoisotopic (exact) mass is 305 g/mol. The van der Waals surface area contributed by atoms with Crippen LogP contribution in [0.2, 0.25) is 0 Å². The summed E-state index contributed by atoms with van der Waals surface area (Å²) in [4.78, 5) is 0. The largest absolute Gasteiger partial charge is 0.396 e. The summed E-state index contributed by atoms with van der Waals surface area (Å²) in [5.41, 5.74) is 16.8. The van der Waals surface area contributed by atoms with E-state index in [2.05, 4.69) is 0 Å². The van der Waals surface area contributed by atoms with E-state index in [9.17, 15) is 15.3 Å². The van der Waals surface area contributed by atoms with Gasteiger partial charge in [-0.25, -0.2) is 0 Å². The van der Waals surface area contributed by atoms with Gasteiger partial charge in [0.1, 0.15) is 0 Å². The molecule has 0 aromatic rings. The quantitative estimate of drug-likeness (QED) is 0.305. The third-order valence-electron chi connectivity index (χ3n) is 4.02. The second-order valence-corrected chi connectivity index (χ2v) is 7.20. The molecule has 3 atom stereocenters. The van der Waals surface area contributed by atoms with E-state index in [1.165, 1.54) is 0 Å². The number of hydrogen-bond acceptors (Lipinski definition) is 6. The van der Waals surface area contributed by atoms with E-state index >= 15 is 0 Å². The van der Waals surface area contributed by atoms with Gasteiger partial charge in [0.05, 0.1) is 19.8 Å². The lowest BCUT2D eigenvalue weighted by atomic mass is 9.63. The molecule has 0 rings (SSSR count). The Morgan fingerprint density at radius 3 is 1.14 bits per heavy atom. The second-order valence-electron chi connectivity index (χ2n) is 7.20. The normalized spacial score (nSPS) is 19.9. The van der Waals surface area contributed by atoms with E-state index in [1.807, 2.05) is 20.8 Å². The average Bonchev–Trinajstić information content (AvgIpc) is 2.33. The molecule has 0 spiro atoms. The maximum Gasteiger partial charge on any atom is 0.0531 e. The fraction of sp³-hybridized carbons (Fsp3) is 1.00. The first kappa shape index (κ1) is 20.8. The minimum absolute atomic E-state index is 0.0451. The molecule has 0 amide bonds. The molecule has 6 nitrogen and oxygen atoms in total. The van der Waals surface area contributed by atoms with Crippen molar-refractivity contribution in [2.45, 2.75) is 64.6 Å². The average molecular weight is 305 g/mol. The number of hydrogen-bond donors (Lipinski definition) is 6. The van der Waals surface area contributed by atoms with Crippen LogP contribution in [0.1, 0.15) is 46.5 Å². The standard InChI is InChI=1S/C15H35N3O3/c1-11(16)4-14(5-12(2)17,6-13(3)18)7-15(8-19,9-20)10-21/h11-13,19-21H,4-10,16-18H2,1-3H3. The molecule has 0 saturated carbocycles. The van der Waals surface area contributed by atoms with Crippen LogP contribution in [0.25, 0.3) is 0 Å². The molecule has 21 heavy (non-hydrogen) atoms. The summed E-state index contributed by atoms with van der Waals surface area (Å²) in [6.45, 7) is 4.94. The topological polar surface area (TPSA) is 139 Å². The Labute approximate surface area is 128 Å². The van der Waals surface area contributed by atoms with Crippen LogP contribution in [0, 0.1) is 10.8 Å². The lowest BCUT2D eigenvalue weighted by Crippen LogP contribution is -2.46. The van der Waals surface area contributed by atoms with Crippen molar-refractivity contribution in [1.29, 1.82) is 0 Å². The first-order valence-electron chi connectivity index (χ1n) is 7.73. The molecule has 3 unspecified atom stereocenters. The highest BCUT2D eigenvalue weighted by Gasteiger charge is 2.42. The molecule has 0 aliphatic rings. The maximum absolute atomic E-state index is 9.63. The summed E-state index contributed by atoms with van der Waals surface area (Å²) < 4.78 is 0. The van der Waals surface area contributed by atoms with Gasteiger partial charge in [-0.1, -0.05) is 0 Å². The molecule has 0 aliphatic carbocycles. The van der Waals surface area contributed by atoms with Crippen LogP contribution in [0.4, 0.5) is 0 Å². The molecular formula is C15H35N3O3. The van der Waals surface area contributed by atoms with Crippen LogP contribution in [0.3, 0.4) is 0 Å². The summed E-state index contributed by atoms with van der Waals surface area (Å²) in [6.07, 6.45) is 2.53. The lowest BCUT2D eigenvalue weighted by molar-refractivity contribution is -0.0414. The van der Waals surface area contributed by atoms with Crippen LogP contribution >= 0.6 is 0 Å². The van der Waals surface area contributed by atoms with Crippen molar-refractivity contribution in [3.8, 4) is 0 Å². The summed E-state index contributed by atoms with van der Waals surface area (Å²) in [7, 11) is 0. The van der Waals surface area contributed by atoms with Crippen molar-refractivity contribution < 1.29 is 15.3 Å². The Balaban J connectivity index is 5.49. The van der Waals surface area contributed by atoms with Crippen molar-refractivity contribution in [2.75, 3.05) is 19.8 Å². The smallest absolute Gasteiger partial charge is 0.0531 e. The SMILES string of the molecule is CC(N)CC(CC(C)N)(CC(C)N)CC(CO)(CO)CO. The first-order chi connectivity index (χ1) is 9.64. The molecule has 0 bridgehead atoms. The molecule has 9 N–H and O–H groups in total. The van der Waals surface area contributed by atoms with Crippen molar-refractivity contribution in [3.05, 3.63) is 0 Å². The van der Waals surface area contributed by atoms with Crippen LogP contribution in [0.15, 0.2) is 0 Å². The van der Waals surface area contributed by atoms with Crippen molar-refractivity contribution in [3.63, 3.8) is 0 Å². The molecule has 128 valence electrons. The summed E-state index contributed by atoms with van der Waals surface area (Å²) >= 11 is 0. The van der Waals surface area contributed by atoms with Gasteiger partial charge in [-0.3, -0.25) is 0 Å². The molecular weight excluding hydrogens is 270 g/mol. The van der Waals surface area contributed by atoms with Crippen molar-refractivity contribution in [2.24, 2.45) is 28.0 Å². The summed E-state index contributed by atoms with van der Waals surface area (Å²) in [5, 5.41) is 28.9. The Hall–Kier alpha value is -0.240. The van der Waals surface area contributed by atoms with E-state index in [0.29, 0.717) is 25.7 Å². The van der Waals surface area contributed by atoms with E-state index in [1.54, 1.807) is 0 Å². The first-order valence-corrected chi connectivity index (χ1v) is 7.73. The Kier molecular flexibility index (Phi) is 8.92. The predicted octanol–water partition coefficient (Wildman–Crippen LogP) is -0.462. The lowest BCUT2D eigenvalue weighted by Gasteiger charge is -2.44. The summed E-state index contributed by atoms with van der Waals surface area (Å²) in [5.74, 6) is 0. The molecule has 0 saturated heterocycles. The molecule has 0 aliphatic heterocycles. The van der Waals surface area contributed by atoms with Crippen LogP contribution in [-0.2, 0) is 0 Å². The molecule has 0 fully saturated rings. The number of aliphatic hydroxyl groups excluding tert-OH is 3. The van der Waals surface area contributed by atoms with Gasteiger partial charge in [-0.15, -0.1) is 0 Å². The number of aliphatic hydroxyl groups is 3. The highest BCUT2D eigenvalue weighted by molar-refractivity contribution is 4.94. The Morgan fingerprint density at radius 2 is 0.952 bits per heavy atom.